The first-order chi connectivity index (χ1) is 8.84. The molecular formula is C12H19N3O4. The standard InChI is InChI=1S/C12H19N3O4/c1-12(2,19-3)5-10(16)15-9(11(17)18)4-8-6-13-7-14-8/h6-7,9H,4-5H2,1-3H3,(H,13,14)(H,15,16)(H,17,18)/t9-/m0/s1. The van der Waals surface area contributed by atoms with Crippen molar-refractivity contribution in [3.05, 3.63) is 18.2 Å². The van der Waals surface area contributed by atoms with Gasteiger partial charge in [-0.05, 0) is 13.8 Å². The highest BCUT2D eigenvalue weighted by Gasteiger charge is 2.26. The fourth-order valence-corrected chi connectivity index (χ4v) is 1.52. The average Bonchev–Trinajstić information content (AvgIpc) is 2.80. The van der Waals surface area contributed by atoms with Crippen LogP contribution in [0.1, 0.15) is 26.0 Å². The molecule has 0 bridgehead atoms. The second-order valence-electron chi connectivity index (χ2n) is 4.88. The van der Waals surface area contributed by atoms with Gasteiger partial charge in [-0.3, -0.25) is 4.79 Å². The number of carboxylic acids is 1. The molecule has 1 aromatic rings. The number of hydrogen-bond acceptors (Lipinski definition) is 4. The molecule has 19 heavy (non-hydrogen) atoms. The van der Waals surface area contributed by atoms with Gasteiger partial charge in [0.1, 0.15) is 6.04 Å². The maximum absolute atomic E-state index is 11.8. The molecule has 3 N–H and O–H groups in total. The molecule has 1 aromatic heterocycles. The lowest BCUT2D eigenvalue weighted by Crippen LogP contribution is -2.44. The van der Waals surface area contributed by atoms with E-state index in [0.717, 1.165) is 0 Å². The molecular weight excluding hydrogens is 250 g/mol. The van der Waals surface area contributed by atoms with Crippen molar-refractivity contribution in [1.29, 1.82) is 0 Å². The van der Waals surface area contributed by atoms with E-state index in [0.29, 0.717) is 5.69 Å². The number of rotatable bonds is 7. The Hall–Kier alpha value is -1.89. The summed E-state index contributed by atoms with van der Waals surface area (Å²) >= 11 is 0. The molecule has 0 spiro atoms. The highest BCUT2D eigenvalue weighted by molar-refractivity contribution is 5.84. The number of amides is 1. The zero-order chi connectivity index (χ0) is 14.5. The Kier molecular flexibility index (Phi) is 5.05. The van der Waals surface area contributed by atoms with Crippen molar-refractivity contribution in [1.82, 2.24) is 15.3 Å². The number of nitrogens with zero attached hydrogens (tertiary/aromatic N) is 1. The quantitative estimate of drug-likeness (QED) is 0.662. The van der Waals surface area contributed by atoms with Crippen molar-refractivity contribution in [2.45, 2.75) is 38.3 Å². The van der Waals surface area contributed by atoms with Crippen LogP contribution in [-0.4, -0.2) is 45.7 Å². The van der Waals surface area contributed by atoms with Crippen molar-refractivity contribution in [2.24, 2.45) is 0 Å². The van der Waals surface area contributed by atoms with E-state index in [1.54, 1.807) is 13.8 Å². The highest BCUT2D eigenvalue weighted by atomic mass is 16.5. The maximum Gasteiger partial charge on any atom is 0.326 e. The van der Waals surface area contributed by atoms with Crippen LogP contribution in [0.15, 0.2) is 12.5 Å². The van der Waals surface area contributed by atoms with Gasteiger partial charge in [-0.15, -0.1) is 0 Å². The van der Waals surface area contributed by atoms with Crippen molar-refractivity contribution < 1.29 is 19.4 Å². The number of aliphatic carboxylic acids is 1. The normalized spacial score (nSPS) is 13.0. The smallest absolute Gasteiger partial charge is 0.326 e. The summed E-state index contributed by atoms with van der Waals surface area (Å²) in [6.45, 7) is 3.52. The fourth-order valence-electron chi connectivity index (χ4n) is 1.52. The minimum atomic E-state index is -1.09. The van der Waals surface area contributed by atoms with Crippen LogP contribution in [0.25, 0.3) is 0 Å². The summed E-state index contributed by atoms with van der Waals surface area (Å²) in [5.41, 5.74) is 0.0277. The summed E-state index contributed by atoms with van der Waals surface area (Å²) in [6.07, 6.45) is 3.25. The van der Waals surface area contributed by atoms with Gasteiger partial charge in [-0.1, -0.05) is 0 Å². The van der Waals surface area contributed by atoms with E-state index >= 15 is 0 Å². The number of methoxy groups -OCH3 is 1. The molecule has 1 amide bonds. The van der Waals surface area contributed by atoms with Gasteiger partial charge in [0.2, 0.25) is 5.91 Å². The number of carboxylic acid groups (broad SMARTS) is 1. The molecule has 0 aliphatic rings. The largest absolute Gasteiger partial charge is 0.480 e. The van der Waals surface area contributed by atoms with Gasteiger partial charge in [-0.25, -0.2) is 9.78 Å². The number of aromatic amines is 1. The Balaban J connectivity index is 2.59. The van der Waals surface area contributed by atoms with Crippen LogP contribution in [-0.2, 0) is 20.7 Å². The molecule has 0 aromatic carbocycles. The molecule has 0 unspecified atom stereocenters. The van der Waals surface area contributed by atoms with E-state index in [2.05, 4.69) is 15.3 Å². The first-order valence-corrected chi connectivity index (χ1v) is 5.88. The number of aromatic nitrogens is 2. The summed E-state index contributed by atoms with van der Waals surface area (Å²) in [5, 5.41) is 11.6. The lowest BCUT2D eigenvalue weighted by Gasteiger charge is -2.23. The lowest BCUT2D eigenvalue weighted by molar-refractivity contribution is -0.142. The molecule has 1 rings (SSSR count). The number of carbonyl (C=O) groups excluding carboxylic acids is 1. The van der Waals surface area contributed by atoms with Gasteiger partial charge in [0.05, 0.1) is 18.3 Å². The van der Waals surface area contributed by atoms with Gasteiger partial charge < -0.3 is 20.1 Å². The third-order valence-corrected chi connectivity index (χ3v) is 2.75. The third kappa shape index (κ3) is 5.09. The molecule has 7 nitrogen and oxygen atoms in total. The Morgan fingerprint density at radius 1 is 1.58 bits per heavy atom. The molecule has 0 fully saturated rings. The number of ether oxygens (including phenoxy) is 1. The first kappa shape index (κ1) is 15.2. The van der Waals surface area contributed by atoms with Crippen molar-refractivity contribution in [2.75, 3.05) is 7.11 Å². The van der Waals surface area contributed by atoms with Gasteiger partial charge >= 0.3 is 5.97 Å². The average molecular weight is 269 g/mol. The molecule has 1 heterocycles. The number of nitrogens with one attached hydrogen (secondary N) is 2. The molecule has 0 aliphatic heterocycles. The van der Waals surface area contributed by atoms with Crippen molar-refractivity contribution in [3.63, 3.8) is 0 Å². The van der Waals surface area contributed by atoms with Crippen LogP contribution in [0.2, 0.25) is 0 Å². The van der Waals surface area contributed by atoms with Crippen LogP contribution in [0, 0.1) is 0 Å². The van der Waals surface area contributed by atoms with Crippen LogP contribution >= 0.6 is 0 Å². The second kappa shape index (κ2) is 6.33. The zero-order valence-electron chi connectivity index (χ0n) is 11.3. The molecule has 0 saturated heterocycles. The highest BCUT2D eigenvalue weighted by Crippen LogP contribution is 2.12. The number of carbonyl (C=O) groups is 2. The molecule has 106 valence electrons. The van der Waals surface area contributed by atoms with E-state index in [-0.39, 0.29) is 18.7 Å². The van der Waals surface area contributed by atoms with E-state index in [4.69, 9.17) is 9.84 Å². The molecule has 1 atom stereocenters. The Labute approximate surface area is 111 Å². The fraction of sp³-hybridized carbons (Fsp3) is 0.583. The number of hydrogen-bond donors (Lipinski definition) is 3. The van der Waals surface area contributed by atoms with E-state index in [9.17, 15) is 9.59 Å². The summed E-state index contributed by atoms with van der Waals surface area (Å²) in [5.74, 6) is -1.45. The summed E-state index contributed by atoms with van der Waals surface area (Å²) < 4.78 is 5.13. The monoisotopic (exact) mass is 269 g/mol. The van der Waals surface area contributed by atoms with E-state index < -0.39 is 17.6 Å². The maximum atomic E-state index is 11.8. The molecule has 0 radical (unpaired) electrons. The lowest BCUT2D eigenvalue weighted by atomic mass is 10.0. The van der Waals surface area contributed by atoms with Gasteiger partial charge in [0, 0.05) is 25.4 Å². The molecule has 0 saturated carbocycles. The number of H-pyrrole nitrogens is 1. The SMILES string of the molecule is COC(C)(C)CC(=O)N[C@@H](Cc1cnc[nH]1)C(=O)O. The van der Waals surface area contributed by atoms with Gasteiger partial charge in [-0.2, -0.15) is 0 Å². The summed E-state index contributed by atoms with van der Waals surface area (Å²) in [7, 11) is 1.51. The molecule has 0 aliphatic carbocycles. The van der Waals surface area contributed by atoms with Crippen molar-refractivity contribution in [3.8, 4) is 0 Å². The predicted octanol–water partition coefficient (Wildman–Crippen LogP) is 0.337. The Morgan fingerprint density at radius 3 is 2.74 bits per heavy atom. The minimum Gasteiger partial charge on any atom is -0.480 e. The topological polar surface area (TPSA) is 104 Å². The molecule has 7 heteroatoms. The number of imidazole rings is 1. The van der Waals surface area contributed by atoms with Crippen molar-refractivity contribution >= 4 is 11.9 Å². The Morgan fingerprint density at radius 2 is 2.26 bits per heavy atom. The Bertz CT molecular complexity index is 428. The van der Waals surface area contributed by atoms with Gasteiger partial charge in [0.25, 0.3) is 0 Å². The van der Waals surface area contributed by atoms with Crippen LogP contribution in [0.4, 0.5) is 0 Å². The summed E-state index contributed by atoms with van der Waals surface area (Å²) in [6, 6.07) is -0.986. The summed E-state index contributed by atoms with van der Waals surface area (Å²) in [4.78, 5) is 29.5. The van der Waals surface area contributed by atoms with Crippen LogP contribution in [0.3, 0.4) is 0 Å². The second-order valence-corrected chi connectivity index (χ2v) is 4.88. The third-order valence-electron chi connectivity index (χ3n) is 2.75. The van der Waals surface area contributed by atoms with E-state index in [1.807, 2.05) is 0 Å². The van der Waals surface area contributed by atoms with Gasteiger partial charge in [0.15, 0.2) is 0 Å². The first-order valence-electron chi connectivity index (χ1n) is 5.88. The van der Waals surface area contributed by atoms with E-state index in [1.165, 1.54) is 19.6 Å². The van der Waals surface area contributed by atoms with Crippen LogP contribution in [0.5, 0.6) is 0 Å². The van der Waals surface area contributed by atoms with Crippen LogP contribution < -0.4 is 5.32 Å². The minimum absolute atomic E-state index is 0.0935. The predicted molar refractivity (Wildman–Crippen MR) is 67.6 cm³/mol. The zero-order valence-corrected chi connectivity index (χ0v) is 11.3.